The zero-order chi connectivity index (χ0) is 12.2. The van der Waals surface area contributed by atoms with Crippen LogP contribution in [0.3, 0.4) is 0 Å². The predicted octanol–water partition coefficient (Wildman–Crippen LogP) is 1.51. The molecule has 0 aromatic carbocycles. The van der Waals surface area contributed by atoms with Crippen LogP contribution in [0.5, 0.6) is 0 Å². The van der Waals surface area contributed by atoms with Gasteiger partial charge < -0.3 is 4.74 Å². The van der Waals surface area contributed by atoms with Crippen molar-refractivity contribution in [2.24, 2.45) is 5.41 Å². The van der Waals surface area contributed by atoms with Gasteiger partial charge in [-0.1, -0.05) is 29.8 Å². The minimum atomic E-state index is -3.20. The SMILES string of the molecule is CC(C)(CBr)CNS(=O)(=O)CC1CCCO1. The quantitative estimate of drug-likeness (QED) is 0.756. The fraction of sp³-hybridized carbons (Fsp3) is 1.00. The van der Waals surface area contributed by atoms with E-state index in [0.29, 0.717) is 13.2 Å². The molecular weight excluding hydrogens is 294 g/mol. The summed E-state index contributed by atoms with van der Waals surface area (Å²) in [6.07, 6.45) is 1.69. The monoisotopic (exact) mass is 313 g/mol. The normalized spacial score (nSPS) is 22.6. The molecule has 1 unspecified atom stereocenters. The first-order valence-corrected chi connectivity index (χ1v) is 8.27. The zero-order valence-electron chi connectivity index (χ0n) is 9.83. The van der Waals surface area contributed by atoms with Gasteiger partial charge in [0, 0.05) is 18.5 Å². The van der Waals surface area contributed by atoms with Crippen LogP contribution in [-0.2, 0) is 14.8 Å². The third-order valence-electron chi connectivity index (χ3n) is 2.56. The highest BCUT2D eigenvalue weighted by atomic mass is 79.9. The summed E-state index contributed by atoms with van der Waals surface area (Å²) in [6, 6.07) is 0. The van der Waals surface area contributed by atoms with Crippen molar-refractivity contribution < 1.29 is 13.2 Å². The molecule has 16 heavy (non-hydrogen) atoms. The van der Waals surface area contributed by atoms with E-state index in [9.17, 15) is 8.42 Å². The molecule has 1 saturated heterocycles. The van der Waals surface area contributed by atoms with E-state index in [4.69, 9.17) is 4.74 Å². The Morgan fingerprint density at radius 3 is 2.69 bits per heavy atom. The first-order chi connectivity index (χ1) is 7.35. The van der Waals surface area contributed by atoms with Crippen molar-refractivity contribution in [1.82, 2.24) is 4.72 Å². The van der Waals surface area contributed by atoms with Crippen molar-refractivity contribution in [1.29, 1.82) is 0 Å². The van der Waals surface area contributed by atoms with Gasteiger partial charge in [-0.2, -0.15) is 0 Å². The molecule has 4 nitrogen and oxygen atoms in total. The van der Waals surface area contributed by atoms with Crippen LogP contribution in [0.15, 0.2) is 0 Å². The molecule has 0 aliphatic carbocycles. The second kappa shape index (κ2) is 5.80. The molecular formula is C10H20BrNO3S. The fourth-order valence-corrected chi connectivity index (χ4v) is 3.11. The largest absolute Gasteiger partial charge is 0.377 e. The third kappa shape index (κ3) is 5.12. The molecule has 0 bridgehead atoms. The average Bonchev–Trinajstić information content (AvgIpc) is 2.67. The second-order valence-electron chi connectivity index (χ2n) is 5.04. The molecule has 1 aliphatic rings. The highest BCUT2D eigenvalue weighted by molar-refractivity contribution is 9.09. The van der Waals surface area contributed by atoms with Crippen molar-refractivity contribution in [2.45, 2.75) is 32.8 Å². The molecule has 1 rings (SSSR count). The van der Waals surface area contributed by atoms with Gasteiger partial charge in [-0.3, -0.25) is 0 Å². The summed E-state index contributed by atoms with van der Waals surface area (Å²) in [6.45, 7) is 5.16. The molecule has 1 aliphatic heterocycles. The molecule has 1 heterocycles. The summed E-state index contributed by atoms with van der Waals surface area (Å²) >= 11 is 3.37. The molecule has 6 heteroatoms. The average molecular weight is 314 g/mol. The number of alkyl halides is 1. The molecule has 0 saturated carbocycles. The smallest absolute Gasteiger partial charge is 0.214 e. The summed E-state index contributed by atoms with van der Waals surface area (Å²) in [5.74, 6) is 0.0887. The Morgan fingerprint density at radius 1 is 1.50 bits per heavy atom. The molecule has 1 N–H and O–H groups in total. The molecule has 1 atom stereocenters. The van der Waals surface area contributed by atoms with E-state index in [0.717, 1.165) is 18.2 Å². The second-order valence-corrected chi connectivity index (χ2v) is 7.45. The summed E-state index contributed by atoms with van der Waals surface area (Å²) in [7, 11) is -3.20. The highest BCUT2D eigenvalue weighted by Crippen LogP contribution is 2.18. The van der Waals surface area contributed by atoms with Crippen LogP contribution in [0.1, 0.15) is 26.7 Å². The van der Waals surface area contributed by atoms with E-state index in [1.165, 1.54) is 0 Å². The van der Waals surface area contributed by atoms with Gasteiger partial charge in [-0.25, -0.2) is 13.1 Å². The Labute approximate surface area is 106 Å². The van der Waals surface area contributed by atoms with Crippen LogP contribution in [-0.4, -0.2) is 38.8 Å². The minimum absolute atomic E-state index is 0.0659. The topological polar surface area (TPSA) is 55.4 Å². The van der Waals surface area contributed by atoms with Gasteiger partial charge in [-0.05, 0) is 18.3 Å². The van der Waals surface area contributed by atoms with Crippen LogP contribution in [0.25, 0.3) is 0 Å². The maximum atomic E-state index is 11.7. The van der Waals surface area contributed by atoms with Gasteiger partial charge in [0.25, 0.3) is 0 Å². The van der Waals surface area contributed by atoms with Crippen LogP contribution < -0.4 is 4.72 Å². The van der Waals surface area contributed by atoms with Gasteiger partial charge in [0.05, 0.1) is 11.9 Å². The summed E-state index contributed by atoms with van der Waals surface area (Å²) < 4.78 is 31.4. The zero-order valence-corrected chi connectivity index (χ0v) is 12.2. The molecule has 0 aromatic heterocycles. The van der Waals surface area contributed by atoms with Gasteiger partial charge in [0.2, 0.25) is 10.0 Å². The summed E-state index contributed by atoms with van der Waals surface area (Å²) in [4.78, 5) is 0. The number of ether oxygens (including phenoxy) is 1. The van der Waals surface area contributed by atoms with E-state index < -0.39 is 10.0 Å². The molecule has 0 radical (unpaired) electrons. The molecule has 0 aromatic rings. The van der Waals surface area contributed by atoms with Crippen molar-refractivity contribution >= 4 is 26.0 Å². The van der Waals surface area contributed by atoms with E-state index in [-0.39, 0.29) is 17.3 Å². The molecule has 1 fully saturated rings. The Morgan fingerprint density at radius 2 is 2.19 bits per heavy atom. The Bertz CT molecular complexity index is 310. The number of nitrogens with one attached hydrogen (secondary N) is 1. The molecule has 96 valence electrons. The van der Waals surface area contributed by atoms with Crippen molar-refractivity contribution in [3.8, 4) is 0 Å². The van der Waals surface area contributed by atoms with E-state index in [2.05, 4.69) is 20.7 Å². The van der Waals surface area contributed by atoms with E-state index in [1.54, 1.807) is 0 Å². The first kappa shape index (κ1) is 14.4. The Kier molecular flexibility index (Phi) is 5.22. The lowest BCUT2D eigenvalue weighted by Gasteiger charge is -2.22. The lowest BCUT2D eigenvalue weighted by Crippen LogP contribution is -2.38. The Hall–Kier alpha value is 0.350. The summed E-state index contributed by atoms with van der Waals surface area (Å²) in [5, 5.41) is 0.766. The fourth-order valence-electron chi connectivity index (χ4n) is 1.43. The lowest BCUT2D eigenvalue weighted by atomic mass is 9.98. The molecule has 0 amide bonds. The number of rotatable bonds is 6. The Balaban J connectivity index is 2.39. The maximum absolute atomic E-state index is 11.7. The van der Waals surface area contributed by atoms with E-state index >= 15 is 0 Å². The van der Waals surface area contributed by atoms with Gasteiger partial charge in [0.15, 0.2) is 0 Å². The molecule has 0 spiro atoms. The van der Waals surface area contributed by atoms with Gasteiger partial charge in [-0.15, -0.1) is 0 Å². The number of hydrogen-bond donors (Lipinski definition) is 1. The lowest BCUT2D eigenvalue weighted by molar-refractivity contribution is 0.127. The van der Waals surface area contributed by atoms with Crippen molar-refractivity contribution in [2.75, 3.05) is 24.2 Å². The van der Waals surface area contributed by atoms with Gasteiger partial charge >= 0.3 is 0 Å². The van der Waals surface area contributed by atoms with Gasteiger partial charge in [0.1, 0.15) is 0 Å². The highest BCUT2D eigenvalue weighted by Gasteiger charge is 2.25. The standard InChI is InChI=1S/C10H20BrNO3S/c1-10(2,7-11)8-12-16(13,14)6-9-4-3-5-15-9/h9,12H,3-8H2,1-2H3. The van der Waals surface area contributed by atoms with Crippen molar-refractivity contribution in [3.05, 3.63) is 0 Å². The third-order valence-corrected chi connectivity index (χ3v) is 5.47. The van der Waals surface area contributed by atoms with Crippen LogP contribution >= 0.6 is 15.9 Å². The van der Waals surface area contributed by atoms with E-state index in [1.807, 2.05) is 13.8 Å². The van der Waals surface area contributed by atoms with Crippen LogP contribution in [0, 0.1) is 5.41 Å². The van der Waals surface area contributed by atoms with Crippen LogP contribution in [0.2, 0.25) is 0 Å². The van der Waals surface area contributed by atoms with Crippen molar-refractivity contribution in [3.63, 3.8) is 0 Å². The summed E-state index contributed by atoms with van der Waals surface area (Å²) in [5.41, 5.74) is -0.0659. The first-order valence-electron chi connectivity index (χ1n) is 5.49. The predicted molar refractivity (Wildman–Crippen MR) is 68.3 cm³/mol. The number of sulfonamides is 1. The number of hydrogen-bond acceptors (Lipinski definition) is 3. The minimum Gasteiger partial charge on any atom is -0.377 e. The van der Waals surface area contributed by atoms with Crippen LogP contribution in [0.4, 0.5) is 0 Å². The maximum Gasteiger partial charge on any atom is 0.214 e. The number of halogens is 1.